The van der Waals surface area contributed by atoms with E-state index in [1.807, 2.05) is 30.8 Å². The molecule has 0 aliphatic heterocycles. The maximum atomic E-state index is 6.03. The van der Waals surface area contributed by atoms with Crippen molar-refractivity contribution < 1.29 is 4.74 Å². The van der Waals surface area contributed by atoms with Gasteiger partial charge in [-0.05, 0) is 31.2 Å². The first-order valence-electron chi connectivity index (χ1n) is 6.26. The molecule has 0 aromatic heterocycles. The molecule has 0 radical (unpaired) electrons. The Morgan fingerprint density at radius 3 is 2.71 bits per heavy atom. The fourth-order valence-corrected chi connectivity index (χ4v) is 3.00. The summed E-state index contributed by atoms with van der Waals surface area (Å²) < 4.78 is 5.38. The number of nitrogens with two attached hydrogens (primary N) is 1. The molecule has 0 aliphatic carbocycles. The predicted molar refractivity (Wildman–Crippen MR) is 75.8 cm³/mol. The molecule has 1 rings (SSSR count). The van der Waals surface area contributed by atoms with Gasteiger partial charge in [0.2, 0.25) is 0 Å². The van der Waals surface area contributed by atoms with Crippen LogP contribution >= 0.6 is 11.8 Å². The van der Waals surface area contributed by atoms with Gasteiger partial charge >= 0.3 is 0 Å². The van der Waals surface area contributed by atoms with Gasteiger partial charge < -0.3 is 10.5 Å². The van der Waals surface area contributed by atoms with Crippen LogP contribution in [0.15, 0.2) is 23.1 Å². The van der Waals surface area contributed by atoms with Crippen molar-refractivity contribution in [3.63, 3.8) is 0 Å². The highest BCUT2D eigenvalue weighted by Crippen LogP contribution is 2.34. The van der Waals surface area contributed by atoms with Crippen molar-refractivity contribution in [2.75, 3.05) is 12.9 Å². The summed E-state index contributed by atoms with van der Waals surface area (Å²) in [6.45, 7) is 4.23. The van der Waals surface area contributed by atoms with Crippen molar-refractivity contribution in [2.45, 2.75) is 44.0 Å². The molecule has 3 heteroatoms. The average Bonchev–Trinajstić information content (AvgIpc) is 2.33. The van der Waals surface area contributed by atoms with Crippen LogP contribution in [-0.2, 0) is 0 Å². The number of benzene rings is 1. The fraction of sp³-hybridized carbons (Fsp3) is 0.571. The summed E-state index contributed by atoms with van der Waals surface area (Å²) in [7, 11) is 1.70. The quantitative estimate of drug-likeness (QED) is 0.589. The van der Waals surface area contributed by atoms with Crippen molar-refractivity contribution in [3.05, 3.63) is 23.8 Å². The van der Waals surface area contributed by atoms with Crippen LogP contribution in [0.25, 0.3) is 0 Å². The van der Waals surface area contributed by atoms with Crippen LogP contribution in [0.3, 0.4) is 0 Å². The van der Waals surface area contributed by atoms with Crippen molar-refractivity contribution in [1.29, 1.82) is 0 Å². The molecule has 1 aromatic rings. The van der Waals surface area contributed by atoms with Gasteiger partial charge in [-0.25, -0.2) is 0 Å². The molecule has 0 saturated heterocycles. The summed E-state index contributed by atoms with van der Waals surface area (Å²) in [5.74, 6) is 2.06. The number of rotatable bonds is 7. The number of ether oxygens (including phenoxy) is 1. The summed E-state index contributed by atoms with van der Waals surface area (Å²) in [4.78, 5) is 1.26. The van der Waals surface area contributed by atoms with Gasteiger partial charge in [-0.2, -0.15) is 0 Å². The van der Waals surface area contributed by atoms with Crippen LogP contribution in [0.4, 0.5) is 0 Å². The topological polar surface area (TPSA) is 35.2 Å². The van der Waals surface area contributed by atoms with E-state index < -0.39 is 0 Å². The number of methoxy groups -OCH3 is 1. The second kappa shape index (κ2) is 7.62. The molecular weight excluding hydrogens is 230 g/mol. The Balaban J connectivity index is 2.76. The van der Waals surface area contributed by atoms with Crippen molar-refractivity contribution in [1.82, 2.24) is 0 Å². The van der Waals surface area contributed by atoms with Gasteiger partial charge in [0.05, 0.1) is 7.11 Å². The lowest BCUT2D eigenvalue weighted by molar-refractivity contribution is 0.405. The molecule has 0 amide bonds. The SMILES string of the molecule is CCCCCSc1cccc(OC)c1[C@H](C)N. The van der Waals surface area contributed by atoms with Crippen LogP contribution in [0.2, 0.25) is 0 Å². The van der Waals surface area contributed by atoms with Crippen molar-refractivity contribution in [2.24, 2.45) is 5.73 Å². The smallest absolute Gasteiger partial charge is 0.124 e. The number of hydrogen-bond acceptors (Lipinski definition) is 3. The van der Waals surface area contributed by atoms with E-state index in [1.54, 1.807) is 7.11 Å². The fourth-order valence-electron chi connectivity index (χ4n) is 1.81. The predicted octanol–water partition coefficient (Wildman–Crippen LogP) is 4.00. The first-order chi connectivity index (χ1) is 8.20. The van der Waals surface area contributed by atoms with Gasteiger partial charge in [0.15, 0.2) is 0 Å². The van der Waals surface area contributed by atoms with E-state index in [2.05, 4.69) is 13.0 Å². The lowest BCUT2D eigenvalue weighted by atomic mass is 10.1. The minimum atomic E-state index is 0.0137. The first-order valence-corrected chi connectivity index (χ1v) is 7.24. The lowest BCUT2D eigenvalue weighted by Gasteiger charge is -2.16. The second-order valence-electron chi connectivity index (χ2n) is 4.22. The van der Waals surface area contributed by atoms with Crippen LogP contribution < -0.4 is 10.5 Å². The summed E-state index contributed by atoms with van der Waals surface area (Å²) in [6, 6.07) is 6.17. The molecule has 1 atom stereocenters. The largest absolute Gasteiger partial charge is 0.496 e. The molecule has 96 valence electrons. The van der Waals surface area contributed by atoms with Crippen LogP contribution in [0, 0.1) is 0 Å². The van der Waals surface area contributed by atoms with E-state index >= 15 is 0 Å². The molecule has 0 bridgehead atoms. The highest BCUT2D eigenvalue weighted by atomic mass is 32.2. The van der Waals surface area contributed by atoms with Gasteiger partial charge in [-0.1, -0.05) is 25.8 Å². The normalized spacial score (nSPS) is 12.5. The molecule has 17 heavy (non-hydrogen) atoms. The number of thioether (sulfide) groups is 1. The Hall–Kier alpha value is -0.670. The second-order valence-corrected chi connectivity index (χ2v) is 5.35. The monoisotopic (exact) mass is 253 g/mol. The average molecular weight is 253 g/mol. The van der Waals surface area contributed by atoms with E-state index in [4.69, 9.17) is 10.5 Å². The minimum Gasteiger partial charge on any atom is -0.496 e. The maximum Gasteiger partial charge on any atom is 0.124 e. The van der Waals surface area contributed by atoms with Gasteiger partial charge in [-0.15, -0.1) is 11.8 Å². The van der Waals surface area contributed by atoms with E-state index in [-0.39, 0.29) is 6.04 Å². The van der Waals surface area contributed by atoms with Crippen molar-refractivity contribution >= 4 is 11.8 Å². The molecule has 0 aliphatic rings. The molecule has 0 unspecified atom stereocenters. The van der Waals surface area contributed by atoms with Gasteiger partial charge in [0.25, 0.3) is 0 Å². The minimum absolute atomic E-state index is 0.0137. The molecule has 0 spiro atoms. The van der Waals surface area contributed by atoms with E-state index in [0.717, 1.165) is 17.1 Å². The third-order valence-electron chi connectivity index (χ3n) is 2.71. The highest BCUT2D eigenvalue weighted by molar-refractivity contribution is 7.99. The highest BCUT2D eigenvalue weighted by Gasteiger charge is 2.12. The molecule has 0 fully saturated rings. The van der Waals surface area contributed by atoms with Gasteiger partial charge in [-0.3, -0.25) is 0 Å². The first kappa shape index (κ1) is 14.4. The zero-order chi connectivity index (χ0) is 12.7. The molecular formula is C14H23NOS. The Kier molecular flexibility index (Phi) is 6.45. The molecule has 2 N–H and O–H groups in total. The summed E-state index contributed by atoms with van der Waals surface area (Å²) in [5, 5.41) is 0. The molecule has 2 nitrogen and oxygen atoms in total. The Labute approximate surface area is 109 Å². The third-order valence-corrected chi connectivity index (χ3v) is 3.87. The zero-order valence-corrected chi connectivity index (χ0v) is 11.8. The maximum absolute atomic E-state index is 6.03. The van der Waals surface area contributed by atoms with Crippen LogP contribution in [0.5, 0.6) is 5.75 Å². The lowest BCUT2D eigenvalue weighted by Crippen LogP contribution is -2.08. The van der Waals surface area contributed by atoms with E-state index in [0.29, 0.717) is 0 Å². The van der Waals surface area contributed by atoms with Gasteiger partial charge in [0, 0.05) is 16.5 Å². The zero-order valence-electron chi connectivity index (χ0n) is 11.0. The van der Waals surface area contributed by atoms with Crippen molar-refractivity contribution in [3.8, 4) is 5.75 Å². The molecule has 0 saturated carbocycles. The third kappa shape index (κ3) is 4.25. The molecule has 0 heterocycles. The Morgan fingerprint density at radius 2 is 2.12 bits per heavy atom. The standard InChI is InChI=1S/C14H23NOS/c1-4-5-6-10-17-13-9-7-8-12(16-3)14(13)11(2)15/h7-9,11H,4-6,10,15H2,1-3H3/t11-/m0/s1. The summed E-state index contributed by atoms with van der Waals surface area (Å²) in [5.41, 5.74) is 7.16. The summed E-state index contributed by atoms with van der Waals surface area (Å²) in [6.07, 6.45) is 3.82. The number of unbranched alkanes of at least 4 members (excludes halogenated alkanes) is 2. The van der Waals surface area contributed by atoms with Gasteiger partial charge in [0.1, 0.15) is 5.75 Å². The Bertz CT molecular complexity index is 339. The summed E-state index contributed by atoms with van der Waals surface area (Å²) >= 11 is 1.88. The van der Waals surface area contributed by atoms with Crippen LogP contribution in [-0.4, -0.2) is 12.9 Å². The number of hydrogen-bond donors (Lipinski definition) is 1. The Morgan fingerprint density at radius 1 is 1.35 bits per heavy atom. The van der Waals surface area contributed by atoms with Crippen LogP contribution in [0.1, 0.15) is 44.7 Å². The van der Waals surface area contributed by atoms with E-state index in [1.165, 1.54) is 24.2 Å². The molecule has 1 aromatic carbocycles. The van der Waals surface area contributed by atoms with E-state index in [9.17, 15) is 0 Å².